The highest BCUT2D eigenvalue weighted by Crippen LogP contribution is 2.67. The fourth-order valence-electron chi connectivity index (χ4n) is 3.61. The molecule has 2 atom stereocenters. The molecule has 1 aromatic carbocycles. The highest BCUT2D eigenvalue weighted by atomic mass is 16.6. The molecule has 3 fully saturated rings. The Kier molecular flexibility index (Phi) is 2.65. The number of benzene rings is 1. The predicted octanol–water partition coefficient (Wildman–Crippen LogP) is 2.57. The van der Waals surface area contributed by atoms with Crippen molar-refractivity contribution >= 4 is 11.9 Å². The van der Waals surface area contributed by atoms with Gasteiger partial charge in [-0.15, -0.1) is 0 Å². The molecule has 0 radical (unpaired) electrons. The lowest BCUT2D eigenvalue weighted by Gasteiger charge is -2.21. The summed E-state index contributed by atoms with van der Waals surface area (Å²) in [6.45, 7) is 0.136. The zero-order valence-corrected chi connectivity index (χ0v) is 11.8. The molecule has 2 saturated carbocycles. The maximum Gasteiger partial charge on any atom is 0.312 e. The van der Waals surface area contributed by atoms with Gasteiger partial charge in [0.15, 0.2) is 0 Å². The zero-order valence-electron chi connectivity index (χ0n) is 11.8. The van der Waals surface area contributed by atoms with Gasteiger partial charge in [-0.1, -0.05) is 30.3 Å². The van der Waals surface area contributed by atoms with Gasteiger partial charge in [-0.3, -0.25) is 9.59 Å². The van der Waals surface area contributed by atoms with Gasteiger partial charge >= 0.3 is 11.9 Å². The number of hydrogen-bond acceptors (Lipinski definition) is 4. The van der Waals surface area contributed by atoms with E-state index in [0.29, 0.717) is 6.42 Å². The first kappa shape index (κ1) is 12.9. The van der Waals surface area contributed by atoms with Crippen LogP contribution >= 0.6 is 0 Å². The largest absolute Gasteiger partial charge is 0.465 e. The lowest BCUT2D eigenvalue weighted by atomic mass is 9.91. The molecule has 0 aromatic heterocycles. The average Bonchev–Trinajstić information content (AvgIpc) is 3.37. The van der Waals surface area contributed by atoms with Crippen LogP contribution in [0.4, 0.5) is 0 Å². The van der Waals surface area contributed by atoms with E-state index in [1.807, 2.05) is 18.2 Å². The Hall–Kier alpha value is -1.84. The number of rotatable bonds is 1. The van der Waals surface area contributed by atoms with E-state index < -0.39 is 11.0 Å². The van der Waals surface area contributed by atoms with Gasteiger partial charge in [-0.25, -0.2) is 0 Å². The van der Waals surface area contributed by atoms with E-state index in [-0.39, 0.29) is 30.9 Å². The molecular formula is C17H18O4. The van der Waals surface area contributed by atoms with Crippen molar-refractivity contribution in [2.75, 3.05) is 6.61 Å². The summed E-state index contributed by atoms with van der Waals surface area (Å²) in [5.74, 6) is -0.198. The van der Waals surface area contributed by atoms with E-state index in [1.165, 1.54) is 5.56 Å². The molecule has 2 aliphatic carbocycles. The van der Waals surface area contributed by atoms with Gasteiger partial charge in [0.1, 0.15) is 12.2 Å². The maximum absolute atomic E-state index is 12.5. The van der Waals surface area contributed by atoms with Crippen LogP contribution in [0.25, 0.3) is 0 Å². The fourth-order valence-corrected chi connectivity index (χ4v) is 3.61. The molecule has 1 aliphatic heterocycles. The summed E-state index contributed by atoms with van der Waals surface area (Å²) >= 11 is 0. The topological polar surface area (TPSA) is 52.6 Å². The van der Waals surface area contributed by atoms with Crippen molar-refractivity contribution in [2.45, 2.75) is 43.6 Å². The molecule has 4 heteroatoms. The summed E-state index contributed by atoms with van der Waals surface area (Å²) < 4.78 is 11.0. The molecule has 0 N–H and O–H groups in total. The van der Waals surface area contributed by atoms with Crippen LogP contribution in [0, 0.1) is 5.41 Å². The van der Waals surface area contributed by atoms with Crippen LogP contribution in [0.15, 0.2) is 30.3 Å². The van der Waals surface area contributed by atoms with E-state index >= 15 is 0 Å². The van der Waals surface area contributed by atoms with Crippen molar-refractivity contribution in [3.05, 3.63) is 35.9 Å². The van der Waals surface area contributed by atoms with Gasteiger partial charge in [-0.2, -0.15) is 0 Å². The quantitative estimate of drug-likeness (QED) is 0.745. The summed E-state index contributed by atoms with van der Waals surface area (Å²) in [4.78, 5) is 24.2. The molecule has 0 amide bonds. The van der Waals surface area contributed by atoms with E-state index in [1.54, 1.807) is 0 Å². The molecule has 0 unspecified atom stereocenters. The Labute approximate surface area is 123 Å². The summed E-state index contributed by atoms with van der Waals surface area (Å²) in [6, 6.07) is 10.1. The summed E-state index contributed by atoms with van der Waals surface area (Å²) in [5, 5.41) is 0. The Morgan fingerprint density at radius 1 is 1.10 bits per heavy atom. The monoisotopic (exact) mass is 286 g/mol. The van der Waals surface area contributed by atoms with Crippen molar-refractivity contribution in [2.24, 2.45) is 5.41 Å². The third-order valence-electron chi connectivity index (χ3n) is 5.00. The normalized spacial score (nSPS) is 33.6. The Morgan fingerprint density at radius 3 is 2.57 bits per heavy atom. The number of carbonyl (C=O) groups excluding carboxylic acids is 2. The Balaban J connectivity index is 1.64. The van der Waals surface area contributed by atoms with Gasteiger partial charge in [-0.05, 0) is 24.8 Å². The van der Waals surface area contributed by atoms with E-state index in [9.17, 15) is 9.59 Å². The zero-order chi connectivity index (χ0) is 14.5. The van der Waals surface area contributed by atoms with Gasteiger partial charge in [0.05, 0.1) is 11.8 Å². The lowest BCUT2D eigenvalue weighted by Crippen LogP contribution is -2.28. The Bertz CT molecular complexity index is 590. The fraction of sp³-hybridized carbons (Fsp3) is 0.529. The SMILES string of the molecule is O=C1CCOC(=O)[C@@]2(C[C@H]2c2ccccc2)CC2(CC2)O1. The molecule has 4 rings (SSSR count). The second-order valence-corrected chi connectivity index (χ2v) is 6.54. The molecule has 1 heterocycles. The first-order valence-electron chi connectivity index (χ1n) is 7.58. The lowest BCUT2D eigenvalue weighted by molar-refractivity contribution is -0.152. The minimum atomic E-state index is -0.484. The minimum absolute atomic E-state index is 0.136. The third kappa shape index (κ3) is 2.13. The molecule has 0 bridgehead atoms. The second-order valence-electron chi connectivity index (χ2n) is 6.54. The molecule has 1 saturated heterocycles. The van der Waals surface area contributed by atoms with E-state index in [4.69, 9.17) is 9.47 Å². The van der Waals surface area contributed by atoms with Crippen molar-refractivity contribution in [3.8, 4) is 0 Å². The van der Waals surface area contributed by atoms with Crippen molar-refractivity contribution in [1.29, 1.82) is 0 Å². The molecule has 21 heavy (non-hydrogen) atoms. The maximum atomic E-state index is 12.5. The van der Waals surface area contributed by atoms with Gasteiger partial charge in [0.2, 0.25) is 0 Å². The van der Waals surface area contributed by atoms with Crippen LogP contribution in [0.1, 0.15) is 43.6 Å². The third-order valence-corrected chi connectivity index (χ3v) is 5.00. The van der Waals surface area contributed by atoms with Crippen molar-refractivity contribution < 1.29 is 19.1 Å². The average molecular weight is 286 g/mol. The number of ether oxygens (including phenoxy) is 2. The van der Waals surface area contributed by atoms with Crippen LogP contribution in [0.2, 0.25) is 0 Å². The smallest absolute Gasteiger partial charge is 0.312 e. The summed E-state index contributed by atoms with van der Waals surface area (Å²) in [5.41, 5.74) is 0.294. The molecule has 110 valence electrons. The van der Waals surface area contributed by atoms with Crippen LogP contribution in [0.3, 0.4) is 0 Å². The molecule has 3 aliphatic rings. The van der Waals surface area contributed by atoms with Gasteiger partial charge < -0.3 is 9.47 Å². The standard InChI is InChI=1S/C17H18O4/c18-14-6-9-20-15(19)17(11-16(21-14)7-8-16)10-13(17)12-4-2-1-3-5-12/h1-5,13H,6-11H2/t13-,17-/m0/s1. The molecule has 4 nitrogen and oxygen atoms in total. The van der Waals surface area contributed by atoms with Crippen LogP contribution in [0.5, 0.6) is 0 Å². The van der Waals surface area contributed by atoms with E-state index in [2.05, 4.69) is 12.1 Å². The molecular weight excluding hydrogens is 268 g/mol. The minimum Gasteiger partial charge on any atom is -0.465 e. The molecule has 1 aromatic rings. The number of cyclic esters (lactones) is 1. The molecule has 2 spiro atoms. The second kappa shape index (κ2) is 4.33. The van der Waals surface area contributed by atoms with Gasteiger partial charge in [0, 0.05) is 12.3 Å². The summed E-state index contributed by atoms with van der Waals surface area (Å²) in [7, 11) is 0. The Morgan fingerprint density at radius 2 is 1.86 bits per heavy atom. The van der Waals surface area contributed by atoms with Gasteiger partial charge in [0.25, 0.3) is 0 Å². The number of esters is 2. The first-order valence-corrected chi connectivity index (χ1v) is 7.58. The van der Waals surface area contributed by atoms with Crippen LogP contribution < -0.4 is 0 Å². The number of hydrogen-bond donors (Lipinski definition) is 0. The van der Waals surface area contributed by atoms with Crippen molar-refractivity contribution in [3.63, 3.8) is 0 Å². The number of carbonyl (C=O) groups is 2. The van der Waals surface area contributed by atoms with Crippen LogP contribution in [-0.2, 0) is 19.1 Å². The first-order chi connectivity index (χ1) is 10.1. The predicted molar refractivity (Wildman–Crippen MR) is 74.5 cm³/mol. The highest BCUT2D eigenvalue weighted by Gasteiger charge is 2.67. The van der Waals surface area contributed by atoms with E-state index in [0.717, 1.165) is 19.3 Å². The highest BCUT2D eigenvalue weighted by molar-refractivity contribution is 5.83. The van der Waals surface area contributed by atoms with Crippen molar-refractivity contribution in [1.82, 2.24) is 0 Å². The summed E-state index contributed by atoms with van der Waals surface area (Å²) in [6.07, 6.45) is 3.32. The van der Waals surface area contributed by atoms with Crippen LogP contribution in [-0.4, -0.2) is 24.1 Å².